The Morgan fingerprint density at radius 3 is 2.57 bits per heavy atom. The van der Waals surface area contributed by atoms with Crippen molar-refractivity contribution in [3.8, 4) is 0 Å². The number of benzene rings is 2. The third-order valence-electron chi connectivity index (χ3n) is 2.93. The van der Waals surface area contributed by atoms with E-state index in [1.54, 1.807) is 17.8 Å². The molecule has 2 aromatic carbocycles. The number of hydrazine groups is 1. The van der Waals surface area contributed by atoms with Crippen molar-refractivity contribution in [3.05, 3.63) is 68.7 Å². The largest absolute Gasteiger partial charge is 0.324 e. The number of hydrogen-bond donors (Lipinski definition) is 2. The lowest BCUT2D eigenvalue weighted by molar-refractivity contribution is -0.384. The Morgan fingerprint density at radius 2 is 1.90 bits per heavy atom. The van der Waals surface area contributed by atoms with Gasteiger partial charge in [-0.2, -0.15) is 11.8 Å². The zero-order valence-corrected chi connectivity index (χ0v) is 12.7. The maximum absolute atomic E-state index is 10.8. The van der Waals surface area contributed by atoms with E-state index in [1.807, 2.05) is 24.3 Å². The van der Waals surface area contributed by atoms with Gasteiger partial charge in [-0.1, -0.05) is 29.8 Å². The van der Waals surface area contributed by atoms with Crippen molar-refractivity contribution in [1.29, 1.82) is 0 Å². The van der Waals surface area contributed by atoms with Crippen LogP contribution < -0.4 is 11.3 Å². The predicted molar refractivity (Wildman–Crippen MR) is 87.4 cm³/mol. The predicted octanol–water partition coefficient (Wildman–Crippen LogP) is 3.97. The van der Waals surface area contributed by atoms with Crippen molar-refractivity contribution in [2.24, 2.45) is 5.84 Å². The van der Waals surface area contributed by atoms with E-state index in [-0.39, 0.29) is 5.69 Å². The summed E-state index contributed by atoms with van der Waals surface area (Å²) in [5, 5.41) is 11.5. The van der Waals surface area contributed by atoms with Crippen LogP contribution in [0.25, 0.3) is 0 Å². The van der Waals surface area contributed by atoms with Crippen LogP contribution in [-0.2, 0) is 11.5 Å². The van der Waals surface area contributed by atoms with Gasteiger partial charge in [-0.05, 0) is 23.3 Å². The van der Waals surface area contributed by atoms with Crippen molar-refractivity contribution in [3.63, 3.8) is 0 Å². The third kappa shape index (κ3) is 4.10. The standard InChI is InChI=1S/C14H14ClN3O2S/c15-13-4-2-1-3-10(13)8-21-9-11-7-12(18(19)20)5-6-14(11)17-16/h1-7,17H,8-9,16H2. The molecule has 0 spiro atoms. The molecular weight excluding hydrogens is 310 g/mol. The second kappa shape index (κ2) is 7.31. The fourth-order valence-electron chi connectivity index (χ4n) is 1.84. The number of non-ortho nitro benzene ring substituents is 1. The van der Waals surface area contributed by atoms with Crippen LogP contribution in [-0.4, -0.2) is 4.92 Å². The molecule has 0 aliphatic rings. The molecule has 0 heterocycles. The zero-order valence-electron chi connectivity index (χ0n) is 11.1. The fraction of sp³-hybridized carbons (Fsp3) is 0.143. The van der Waals surface area contributed by atoms with Gasteiger partial charge in [-0.25, -0.2) is 0 Å². The van der Waals surface area contributed by atoms with Crippen LogP contribution in [0, 0.1) is 10.1 Å². The van der Waals surface area contributed by atoms with Crippen LogP contribution in [0.5, 0.6) is 0 Å². The van der Waals surface area contributed by atoms with Crippen LogP contribution >= 0.6 is 23.4 Å². The summed E-state index contributed by atoms with van der Waals surface area (Å²) >= 11 is 7.72. The summed E-state index contributed by atoms with van der Waals surface area (Å²) in [5.74, 6) is 6.77. The molecule has 0 atom stereocenters. The highest BCUT2D eigenvalue weighted by molar-refractivity contribution is 7.97. The number of nitro benzene ring substituents is 1. The van der Waals surface area contributed by atoms with E-state index in [0.29, 0.717) is 11.4 Å². The molecule has 2 rings (SSSR count). The maximum Gasteiger partial charge on any atom is 0.269 e. The molecule has 0 unspecified atom stereocenters. The Hall–Kier alpha value is -1.76. The molecular formula is C14H14ClN3O2S. The molecule has 0 saturated carbocycles. The van der Waals surface area contributed by atoms with Gasteiger partial charge < -0.3 is 5.43 Å². The van der Waals surface area contributed by atoms with Gasteiger partial charge >= 0.3 is 0 Å². The Balaban J connectivity index is 2.07. The third-order valence-corrected chi connectivity index (χ3v) is 4.33. The minimum atomic E-state index is -0.414. The van der Waals surface area contributed by atoms with E-state index in [0.717, 1.165) is 21.9 Å². The highest BCUT2D eigenvalue weighted by atomic mass is 35.5. The maximum atomic E-state index is 10.8. The van der Waals surface area contributed by atoms with Gasteiger partial charge in [0.2, 0.25) is 0 Å². The van der Waals surface area contributed by atoms with Crippen LogP contribution in [0.1, 0.15) is 11.1 Å². The average molecular weight is 324 g/mol. The van der Waals surface area contributed by atoms with Crippen LogP contribution in [0.2, 0.25) is 5.02 Å². The van der Waals surface area contributed by atoms with E-state index in [1.165, 1.54) is 12.1 Å². The molecule has 0 radical (unpaired) electrons. The molecule has 0 saturated heterocycles. The number of thioether (sulfide) groups is 1. The van der Waals surface area contributed by atoms with Crippen molar-refractivity contribution in [1.82, 2.24) is 0 Å². The van der Waals surface area contributed by atoms with E-state index in [4.69, 9.17) is 17.4 Å². The molecule has 0 aliphatic carbocycles. The number of rotatable bonds is 6. The number of nitrogen functional groups attached to an aromatic ring is 1. The van der Waals surface area contributed by atoms with Gasteiger partial charge in [-0.15, -0.1) is 0 Å². The number of nitrogens with one attached hydrogen (secondary N) is 1. The number of nitrogens with two attached hydrogens (primary N) is 1. The first-order valence-corrected chi connectivity index (χ1v) is 7.70. The van der Waals surface area contributed by atoms with E-state index < -0.39 is 4.92 Å². The van der Waals surface area contributed by atoms with Crippen LogP contribution in [0.15, 0.2) is 42.5 Å². The summed E-state index contributed by atoms with van der Waals surface area (Å²) in [5.41, 5.74) is 5.14. The van der Waals surface area contributed by atoms with Crippen molar-refractivity contribution in [2.45, 2.75) is 11.5 Å². The molecule has 0 fully saturated rings. The Morgan fingerprint density at radius 1 is 1.19 bits per heavy atom. The second-order valence-electron chi connectivity index (χ2n) is 4.33. The molecule has 0 bridgehead atoms. The van der Waals surface area contributed by atoms with Gasteiger partial charge in [0.15, 0.2) is 0 Å². The Bertz CT molecular complexity index is 652. The van der Waals surface area contributed by atoms with Crippen molar-refractivity contribution >= 4 is 34.7 Å². The first-order chi connectivity index (χ1) is 10.1. The highest BCUT2D eigenvalue weighted by Crippen LogP contribution is 2.28. The lowest BCUT2D eigenvalue weighted by Gasteiger charge is -2.09. The first-order valence-electron chi connectivity index (χ1n) is 6.17. The monoisotopic (exact) mass is 323 g/mol. The smallest absolute Gasteiger partial charge is 0.269 e. The second-order valence-corrected chi connectivity index (χ2v) is 5.72. The number of nitro groups is 1. The summed E-state index contributed by atoms with van der Waals surface area (Å²) in [6, 6.07) is 12.2. The summed E-state index contributed by atoms with van der Waals surface area (Å²) in [6.45, 7) is 0. The van der Waals surface area contributed by atoms with E-state index in [2.05, 4.69) is 5.43 Å². The molecule has 2 aromatic rings. The minimum absolute atomic E-state index is 0.0577. The molecule has 5 nitrogen and oxygen atoms in total. The average Bonchev–Trinajstić information content (AvgIpc) is 2.49. The SMILES string of the molecule is NNc1ccc([N+](=O)[O-])cc1CSCc1ccccc1Cl. The number of anilines is 1. The minimum Gasteiger partial charge on any atom is -0.324 e. The molecule has 0 aliphatic heterocycles. The lowest BCUT2D eigenvalue weighted by atomic mass is 10.2. The molecule has 7 heteroatoms. The fourth-order valence-corrected chi connectivity index (χ4v) is 3.15. The first kappa shape index (κ1) is 15.6. The Labute approximate surface area is 131 Å². The summed E-state index contributed by atoms with van der Waals surface area (Å²) in [4.78, 5) is 10.4. The number of nitrogens with zero attached hydrogens (tertiary/aromatic N) is 1. The van der Waals surface area contributed by atoms with Gasteiger partial charge in [-0.3, -0.25) is 16.0 Å². The molecule has 21 heavy (non-hydrogen) atoms. The zero-order chi connectivity index (χ0) is 15.2. The summed E-state index contributed by atoms with van der Waals surface area (Å²) in [7, 11) is 0. The van der Waals surface area contributed by atoms with Crippen molar-refractivity contribution < 1.29 is 4.92 Å². The molecule has 0 amide bonds. The topological polar surface area (TPSA) is 81.2 Å². The normalized spacial score (nSPS) is 10.4. The van der Waals surface area contributed by atoms with Gasteiger partial charge in [0.05, 0.1) is 10.6 Å². The van der Waals surface area contributed by atoms with Gasteiger partial charge in [0.25, 0.3) is 5.69 Å². The summed E-state index contributed by atoms with van der Waals surface area (Å²) < 4.78 is 0. The van der Waals surface area contributed by atoms with Gasteiger partial charge in [0, 0.05) is 28.7 Å². The quantitative estimate of drug-likeness (QED) is 0.477. The van der Waals surface area contributed by atoms with Crippen LogP contribution in [0.3, 0.4) is 0 Å². The Kier molecular flexibility index (Phi) is 5.44. The highest BCUT2D eigenvalue weighted by Gasteiger charge is 2.10. The number of hydrogen-bond acceptors (Lipinski definition) is 5. The molecule has 3 N–H and O–H groups in total. The van der Waals surface area contributed by atoms with Crippen LogP contribution in [0.4, 0.5) is 11.4 Å². The number of halogens is 1. The van der Waals surface area contributed by atoms with E-state index >= 15 is 0 Å². The van der Waals surface area contributed by atoms with Gasteiger partial charge in [0.1, 0.15) is 0 Å². The molecule has 110 valence electrons. The van der Waals surface area contributed by atoms with E-state index in [9.17, 15) is 10.1 Å². The lowest BCUT2D eigenvalue weighted by Crippen LogP contribution is -2.09. The van der Waals surface area contributed by atoms with Crippen molar-refractivity contribution in [2.75, 3.05) is 5.43 Å². The summed E-state index contributed by atoms with van der Waals surface area (Å²) in [6.07, 6.45) is 0. The molecule has 0 aromatic heterocycles.